The van der Waals surface area contributed by atoms with Gasteiger partial charge in [0.1, 0.15) is 5.52 Å². The molecule has 0 saturated carbocycles. The van der Waals surface area contributed by atoms with E-state index in [1.807, 2.05) is 12.3 Å². The molecular weight excluding hydrogens is 379 g/mol. The molecule has 0 unspecified atom stereocenters. The molecule has 1 fully saturated rings. The highest BCUT2D eigenvalue weighted by Gasteiger charge is 2.24. The van der Waals surface area contributed by atoms with Crippen LogP contribution < -0.4 is 4.90 Å². The number of nitrogens with one attached hydrogen (secondary N) is 1. The third-order valence-electron chi connectivity index (χ3n) is 4.48. The number of benzene rings is 1. The molecule has 0 bridgehead atoms. The molecule has 1 aliphatic heterocycles. The fourth-order valence-corrected chi connectivity index (χ4v) is 4.89. The molecule has 2 aromatic heterocycles. The maximum Gasteiger partial charge on any atom is 0.186 e. The molecule has 4 nitrogen and oxygen atoms in total. The Morgan fingerprint density at radius 2 is 2.13 bits per heavy atom. The van der Waals surface area contributed by atoms with Crippen LogP contribution in [0.5, 0.6) is 0 Å². The number of hydrogen-bond donors (Lipinski definition) is 1. The van der Waals surface area contributed by atoms with Gasteiger partial charge in [-0.15, -0.1) is 0 Å². The molecule has 1 aliphatic rings. The fraction of sp³-hybridized carbons (Fsp3) is 0.375. The lowest BCUT2D eigenvalue weighted by Crippen LogP contribution is -2.32. The van der Waals surface area contributed by atoms with E-state index in [0.29, 0.717) is 11.4 Å². The minimum Gasteiger partial charge on any atom is -0.348 e. The number of aryl methyl sites for hydroxylation is 1. The first-order valence-electron chi connectivity index (χ1n) is 7.62. The van der Waals surface area contributed by atoms with Gasteiger partial charge in [0, 0.05) is 23.3 Å². The van der Waals surface area contributed by atoms with E-state index in [-0.39, 0.29) is 5.82 Å². The second-order valence-electron chi connectivity index (χ2n) is 5.94. The van der Waals surface area contributed by atoms with Gasteiger partial charge in [-0.05, 0) is 43.4 Å². The Balaban J connectivity index is 1.54. The van der Waals surface area contributed by atoms with Crippen LogP contribution in [-0.4, -0.2) is 28.3 Å². The molecule has 23 heavy (non-hydrogen) atoms. The maximum absolute atomic E-state index is 14.0. The standard InChI is InChI=1S/C16H16BrFN4S/c1-9-12(8-19-21-9)10-2-4-22(5-3-10)16-20-15-13(18)6-11(17)7-14(15)23-16/h6-8,10H,2-5H2,1H3,(H,19,21). The van der Waals surface area contributed by atoms with E-state index in [9.17, 15) is 4.39 Å². The predicted octanol–water partition coefficient (Wildman–Crippen LogP) is 4.61. The Bertz CT molecular complexity index is 851. The van der Waals surface area contributed by atoms with Crippen LogP contribution in [0.1, 0.15) is 30.0 Å². The van der Waals surface area contributed by atoms with Crippen LogP contribution in [0.3, 0.4) is 0 Å². The Labute approximate surface area is 145 Å². The number of hydrogen-bond acceptors (Lipinski definition) is 4. The quantitative estimate of drug-likeness (QED) is 0.689. The van der Waals surface area contributed by atoms with E-state index in [2.05, 4.69) is 42.9 Å². The number of anilines is 1. The van der Waals surface area contributed by atoms with E-state index in [4.69, 9.17) is 0 Å². The van der Waals surface area contributed by atoms with Gasteiger partial charge in [-0.25, -0.2) is 9.37 Å². The van der Waals surface area contributed by atoms with Crippen LogP contribution in [0.25, 0.3) is 10.2 Å². The van der Waals surface area contributed by atoms with Crippen molar-refractivity contribution in [3.8, 4) is 0 Å². The molecule has 4 rings (SSSR count). The number of aromatic nitrogens is 3. The van der Waals surface area contributed by atoms with Gasteiger partial charge in [-0.3, -0.25) is 5.10 Å². The van der Waals surface area contributed by atoms with Crippen LogP contribution in [0.4, 0.5) is 9.52 Å². The van der Waals surface area contributed by atoms with E-state index in [0.717, 1.165) is 45.9 Å². The highest BCUT2D eigenvalue weighted by Crippen LogP contribution is 2.36. The SMILES string of the molecule is Cc1[nH]ncc1C1CCN(c2nc3c(F)cc(Br)cc3s2)CC1. The number of nitrogens with zero attached hydrogens (tertiary/aromatic N) is 3. The third-order valence-corrected chi connectivity index (χ3v) is 6.00. The van der Waals surface area contributed by atoms with Gasteiger partial charge in [0.2, 0.25) is 0 Å². The maximum atomic E-state index is 14.0. The summed E-state index contributed by atoms with van der Waals surface area (Å²) in [4.78, 5) is 6.78. The molecule has 3 heterocycles. The van der Waals surface area contributed by atoms with Gasteiger partial charge in [-0.2, -0.15) is 5.10 Å². The van der Waals surface area contributed by atoms with Gasteiger partial charge in [0.15, 0.2) is 10.9 Å². The van der Waals surface area contributed by atoms with Crippen LogP contribution in [0.2, 0.25) is 0 Å². The molecule has 0 aliphatic carbocycles. The van der Waals surface area contributed by atoms with Gasteiger partial charge < -0.3 is 4.90 Å². The summed E-state index contributed by atoms with van der Waals surface area (Å²) >= 11 is 4.90. The molecule has 0 atom stereocenters. The number of aromatic amines is 1. The number of rotatable bonds is 2. The Morgan fingerprint density at radius 3 is 2.83 bits per heavy atom. The van der Waals surface area contributed by atoms with Gasteiger partial charge in [0.25, 0.3) is 0 Å². The minimum absolute atomic E-state index is 0.263. The number of fused-ring (bicyclic) bond motifs is 1. The summed E-state index contributed by atoms with van der Waals surface area (Å²) in [5, 5.41) is 8.06. The average molecular weight is 395 g/mol. The molecule has 7 heteroatoms. The van der Waals surface area contributed by atoms with Crippen molar-refractivity contribution >= 4 is 42.6 Å². The van der Waals surface area contributed by atoms with E-state index in [1.54, 1.807) is 11.3 Å². The molecule has 1 N–H and O–H groups in total. The Kier molecular flexibility index (Phi) is 3.85. The second-order valence-corrected chi connectivity index (χ2v) is 7.87. The number of thiazole rings is 1. The summed E-state index contributed by atoms with van der Waals surface area (Å²) in [6.07, 6.45) is 4.09. The van der Waals surface area contributed by atoms with E-state index >= 15 is 0 Å². The Hall–Kier alpha value is -1.47. The zero-order valence-electron chi connectivity index (χ0n) is 12.6. The first-order valence-corrected chi connectivity index (χ1v) is 9.23. The largest absolute Gasteiger partial charge is 0.348 e. The van der Waals surface area contributed by atoms with E-state index in [1.165, 1.54) is 11.6 Å². The van der Waals surface area contributed by atoms with Crippen LogP contribution in [-0.2, 0) is 0 Å². The van der Waals surface area contributed by atoms with Gasteiger partial charge in [0.05, 0.1) is 10.9 Å². The molecule has 120 valence electrons. The first-order chi connectivity index (χ1) is 11.1. The van der Waals surface area contributed by atoms with E-state index < -0.39 is 0 Å². The highest BCUT2D eigenvalue weighted by molar-refractivity contribution is 9.10. The zero-order valence-corrected chi connectivity index (χ0v) is 15.0. The molecule has 3 aromatic rings. The molecule has 0 radical (unpaired) electrons. The Morgan fingerprint density at radius 1 is 1.35 bits per heavy atom. The average Bonchev–Trinajstić information content (AvgIpc) is 3.14. The molecule has 1 saturated heterocycles. The second kappa shape index (κ2) is 5.87. The normalized spacial score (nSPS) is 16.4. The van der Waals surface area contributed by atoms with Crippen molar-refractivity contribution in [2.75, 3.05) is 18.0 Å². The summed E-state index contributed by atoms with van der Waals surface area (Å²) < 4.78 is 15.7. The molecule has 0 amide bonds. The number of H-pyrrole nitrogens is 1. The van der Waals surface area contributed by atoms with Crippen LogP contribution >= 0.6 is 27.3 Å². The van der Waals surface area contributed by atoms with Crippen molar-refractivity contribution in [1.29, 1.82) is 0 Å². The summed E-state index contributed by atoms with van der Waals surface area (Å²) in [6.45, 7) is 3.96. The first kappa shape index (κ1) is 15.1. The van der Waals surface area contributed by atoms with Gasteiger partial charge >= 0.3 is 0 Å². The van der Waals surface area contributed by atoms with Gasteiger partial charge in [-0.1, -0.05) is 27.3 Å². The lowest BCUT2D eigenvalue weighted by Gasteiger charge is -2.31. The summed E-state index contributed by atoms with van der Waals surface area (Å²) in [5.74, 6) is 0.283. The third kappa shape index (κ3) is 2.76. The molecule has 0 spiro atoms. The molecular formula is C16H16BrFN4S. The highest BCUT2D eigenvalue weighted by atomic mass is 79.9. The van der Waals surface area contributed by atoms with Crippen molar-refractivity contribution in [2.24, 2.45) is 0 Å². The zero-order chi connectivity index (χ0) is 16.0. The van der Waals surface area contributed by atoms with Crippen LogP contribution in [0, 0.1) is 12.7 Å². The summed E-state index contributed by atoms with van der Waals surface area (Å²) in [6, 6.07) is 3.40. The lowest BCUT2D eigenvalue weighted by atomic mass is 9.90. The van der Waals surface area contributed by atoms with Crippen molar-refractivity contribution in [1.82, 2.24) is 15.2 Å². The summed E-state index contributed by atoms with van der Waals surface area (Å²) in [5.41, 5.74) is 2.96. The minimum atomic E-state index is -0.263. The van der Waals surface area contributed by atoms with Crippen molar-refractivity contribution in [3.05, 3.63) is 39.9 Å². The number of halogens is 2. The van der Waals surface area contributed by atoms with Crippen LogP contribution in [0.15, 0.2) is 22.8 Å². The molecule has 1 aromatic carbocycles. The topological polar surface area (TPSA) is 44.8 Å². The van der Waals surface area contributed by atoms with Crippen molar-refractivity contribution in [2.45, 2.75) is 25.7 Å². The smallest absolute Gasteiger partial charge is 0.186 e. The number of piperidine rings is 1. The predicted molar refractivity (Wildman–Crippen MR) is 94.8 cm³/mol. The monoisotopic (exact) mass is 394 g/mol. The van der Waals surface area contributed by atoms with Crippen molar-refractivity contribution in [3.63, 3.8) is 0 Å². The summed E-state index contributed by atoms with van der Waals surface area (Å²) in [7, 11) is 0. The lowest BCUT2D eigenvalue weighted by molar-refractivity contribution is 0.503. The van der Waals surface area contributed by atoms with Crippen molar-refractivity contribution < 1.29 is 4.39 Å². The fourth-order valence-electron chi connectivity index (χ4n) is 3.23.